The monoisotopic (exact) mass is 452 g/mol. The minimum absolute atomic E-state index is 0.0167. The van der Waals surface area contributed by atoms with E-state index in [-0.39, 0.29) is 29.7 Å². The van der Waals surface area contributed by atoms with E-state index in [0.29, 0.717) is 0 Å². The molecule has 2 aromatic carbocycles. The summed E-state index contributed by atoms with van der Waals surface area (Å²) in [5.41, 5.74) is 0.825. The second-order valence-corrected chi connectivity index (χ2v) is 9.98. The minimum Gasteiger partial charge on any atom is -0.497 e. The molecule has 0 spiro atoms. The van der Waals surface area contributed by atoms with Gasteiger partial charge in [0, 0.05) is 33.4 Å². The first-order valence-corrected chi connectivity index (χ1v) is 12.5. The predicted octanol–water partition coefficient (Wildman–Crippen LogP) is 5.65. The van der Waals surface area contributed by atoms with Crippen LogP contribution in [0.25, 0.3) is 0 Å². The maximum atomic E-state index is 12.7. The molecule has 0 aromatic heterocycles. The van der Waals surface area contributed by atoms with E-state index in [1.54, 1.807) is 18.9 Å². The van der Waals surface area contributed by atoms with E-state index in [4.69, 9.17) is 4.74 Å². The fraction of sp³-hybridized carbons (Fsp3) is 0.462. The standard InChI is InChI=1S/C26H32N2O3S/c1-31-22-12-16-24(17-13-22)32-23-14-10-21(11-15-23)28-26(30)19-6-8-20(9-7-19)27-25(29)18-4-2-3-5-18/h10-20H,2-9H2,1H3,(H,27,29)(H,28,30). The first kappa shape index (κ1) is 22.7. The molecule has 170 valence electrons. The van der Waals surface area contributed by atoms with Gasteiger partial charge in [0.15, 0.2) is 0 Å². The number of hydrogen-bond donors (Lipinski definition) is 2. The maximum absolute atomic E-state index is 12.7. The Hall–Kier alpha value is -2.47. The molecule has 2 fully saturated rings. The number of benzene rings is 2. The van der Waals surface area contributed by atoms with Crippen molar-refractivity contribution in [2.45, 2.75) is 67.2 Å². The van der Waals surface area contributed by atoms with Crippen molar-refractivity contribution in [3.63, 3.8) is 0 Å². The number of methoxy groups -OCH3 is 1. The van der Waals surface area contributed by atoms with Gasteiger partial charge in [0.05, 0.1) is 7.11 Å². The third kappa shape index (κ3) is 6.06. The fourth-order valence-corrected chi connectivity index (χ4v) is 5.45. The zero-order valence-electron chi connectivity index (χ0n) is 18.6. The third-order valence-electron chi connectivity index (χ3n) is 6.59. The molecule has 2 aromatic rings. The van der Waals surface area contributed by atoms with Crippen LogP contribution in [0.15, 0.2) is 58.3 Å². The Morgan fingerprint density at radius 2 is 1.34 bits per heavy atom. The van der Waals surface area contributed by atoms with E-state index >= 15 is 0 Å². The van der Waals surface area contributed by atoms with Gasteiger partial charge < -0.3 is 15.4 Å². The first-order valence-electron chi connectivity index (χ1n) is 11.6. The van der Waals surface area contributed by atoms with Gasteiger partial charge in [0.2, 0.25) is 11.8 Å². The highest BCUT2D eigenvalue weighted by Crippen LogP contribution is 2.31. The van der Waals surface area contributed by atoms with E-state index in [2.05, 4.69) is 10.6 Å². The van der Waals surface area contributed by atoms with Crippen molar-refractivity contribution in [3.05, 3.63) is 48.5 Å². The van der Waals surface area contributed by atoms with Gasteiger partial charge in [-0.1, -0.05) is 24.6 Å². The molecule has 0 aliphatic heterocycles. The molecule has 2 saturated carbocycles. The van der Waals surface area contributed by atoms with Crippen molar-refractivity contribution in [1.82, 2.24) is 5.32 Å². The highest BCUT2D eigenvalue weighted by atomic mass is 32.2. The maximum Gasteiger partial charge on any atom is 0.227 e. The van der Waals surface area contributed by atoms with Crippen LogP contribution in [0.2, 0.25) is 0 Å². The van der Waals surface area contributed by atoms with Crippen LogP contribution < -0.4 is 15.4 Å². The van der Waals surface area contributed by atoms with E-state index in [1.165, 1.54) is 12.8 Å². The van der Waals surface area contributed by atoms with Gasteiger partial charge in [-0.05, 0) is 87.1 Å². The van der Waals surface area contributed by atoms with Gasteiger partial charge in [-0.3, -0.25) is 9.59 Å². The molecule has 0 heterocycles. The number of nitrogens with one attached hydrogen (secondary N) is 2. The van der Waals surface area contributed by atoms with Gasteiger partial charge in [0.25, 0.3) is 0 Å². The van der Waals surface area contributed by atoms with Crippen molar-refractivity contribution < 1.29 is 14.3 Å². The third-order valence-corrected chi connectivity index (χ3v) is 7.60. The highest BCUT2D eigenvalue weighted by Gasteiger charge is 2.29. The first-order chi connectivity index (χ1) is 15.6. The molecule has 2 aliphatic carbocycles. The average molecular weight is 453 g/mol. The number of amides is 2. The smallest absolute Gasteiger partial charge is 0.227 e. The van der Waals surface area contributed by atoms with E-state index in [0.717, 1.165) is 59.8 Å². The number of rotatable bonds is 7. The molecule has 32 heavy (non-hydrogen) atoms. The molecule has 0 radical (unpaired) electrons. The summed E-state index contributed by atoms with van der Waals surface area (Å²) in [4.78, 5) is 27.3. The Balaban J connectivity index is 1.22. The van der Waals surface area contributed by atoms with Gasteiger partial charge in [-0.15, -0.1) is 0 Å². The Kier molecular flexibility index (Phi) is 7.74. The Labute approximate surface area is 194 Å². The van der Waals surface area contributed by atoms with Crippen LogP contribution in [0.5, 0.6) is 5.75 Å². The fourth-order valence-electron chi connectivity index (χ4n) is 4.64. The molecule has 6 heteroatoms. The summed E-state index contributed by atoms with van der Waals surface area (Å²) >= 11 is 1.67. The van der Waals surface area contributed by atoms with Crippen molar-refractivity contribution in [2.75, 3.05) is 12.4 Å². The van der Waals surface area contributed by atoms with Gasteiger partial charge in [0.1, 0.15) is 5.75 Å². The van der Waals surface area contributed by atoms with Crippen LogP contribution >= 0.6 is 11.8 Å². The van der Waals surface area contributed by atoms with Crippen LogP contribution in [0.3, 0.4) is 0 Å². The molecule has 2 N–H and O–H groups in total. The zero-order chi connectivity index (χ0) is 22.3. The molecule has 0 atom stereocenters. The summed E-state index contributed by atoms with van der Waals surface area (Å²) in [6.45, 7) is 0. The zero-order valence-corrected chi connectivity index (χ0v) is 19.5. The van der Waals surface area contributed by atoms with Crippen LogP contribution in [-0.2, 0) is 9.59 Å². The molecule has 0 bridgehead atoms. The molecular weight excluding hydrogens is 420 g/mol. The number of carbonyl (C=O) groups is 2. The number of carbonyl (C=O) groups excluding carboxylic acids is 2. The van der Waals surface area contributed by atoms with Gasteiger partial charge in [-0.25, -0.2) is 0 Å². The molecule has 4 rings (SSSR count). The Morgan fingerprint density at radius 3 is 1.94 bits per heavy atom. The van der Waals surface area contributed by atoms with E-state index < -0.39 is 0 Å². The largest absolute Gasteiger partial charge is 0.497 e. The minimum atomic E-state index is 0.0167. The lowest BCUT2D eigenvalue weighted by Crippen LogP contribution is -2.41. The second kappa shape index (κ2) is 10.9. The lowest BCUT2D eigenvalue weighted by Gasteiger charge is -2.29. The topological polar surface area (TPSA) is 67.4 Å². The van der Waals surface area contributed by atoms with Gasteiger partial charge >= 0.3 is 0 Å². The SMILES string of the molecule is COc1ccc(Sc2ccc(NC(=O)C3CCC(NC(=O)C4CCCC4)CC3)cc2)cc1. The van der Waals surface area contributed by atoms with E-state index in [1.807, 2.05) is 48.5 Å². The van der Waals surface area contributed by atoms with Crippen LogP contribution in [0.4, 0.5) is 5.69 Å². The van der Waals surface area contributed by atoms with Crippen LogP contribution in [-0.4, -0.2) is 25.0 Å². The van der Waals surface area contributed by atoms with Crippen LogP contribution in [0.1, 0.15) is 51.4 Å². The lowest BCUT2D eigenvalue weighted by molar-refractivity contribution is -0.125. The molecule has 0 saturated heterocycles. The summed E-state index contributed by atoms with van der Waals surface area (Å²) in [5.74, 6) is 1.38. The molecule has 0 unspecified atom stereocenters. The van der Waals surface area contributed by atoms with E-state index in [9.17, 15) is 9.59 Å². The number of anilines is 1. The van der Waals surface area contributed by atoms with Crippen molar-refractivity contribution in [3.8, 4) is 5.75 Å². The number of ether oxygens (including phenoxy) is 1. The number of hydrogen-bond acceptors (Lipinski definition) is 4. The van der Waals surface area contributed by atoms with Crippen molar-refractivity contribution in [1.29, 1.82) is 0 Å². The lowest BCUT2D eigenvalue weighted by atomic mass is 9.85. The van der Waals surface area contributed by atoms with Gasteiger partial charge in [-0.2, -0.15) is 0 Å². The molecule has 2 amide bonds. The average Bonchev–Trinajstić information content (AvgIpc) is 3.37. The Morgan fingerprint density at radius 1 is 0.781 bits per heavy atom. The molecule has 2 aliphatic rings. The normalized spacial score (nSPS) is 21.2. The van der Waals surface area contributed by atoms with Crippen molar-refractivity contribution >= 4 is 29.3 Å². The molecular formula is C26H32N2O3S. The summed E-state index contributed by atoms with van der Waals surface area (Å²) in [7, 11) is 1.66. The van der Waals surface area contributed by atoms with Crippen molar-refractivity contribution in [2.24, 2.45) is 11.8 Å². The summed E-state index contributed by atoms with van der Waals surface area (Å²) in [6.07, 6.45) is 7.82. The van der Waals surface area contributed by atoms with Crippen LogP contribution in [0, 0.1) is 11.8 Å². The predicted molar refractivity (Wildman–Crippen MR) is 128 cm³/mol. The Bertz CT molecular complexity index is 900. The second-order valence-electron chi connectivity index (χ2n) is 8.83. The molecule has 5 nitrogen and oxygen atoms in total. The summed E-state index contributed by atoms with van der Waals surface area (Å²) < 4.78 is 5.20. The highest BCUT2D eigenvalue weighted by molar-refractivity contribution is 7.99. The summed E-state index contributed by atoms with van der Waals surface area (Å²) in [6, 6.07) is 16.2. The summed E-state index contributed by atoms with van der Waals surface area (Å²) in [5, 5.41) is 6.29. The quantitative estimate of drug-likeness (QED) is 0.570.